The Morgan fingerprint density at radius 2 is 1.43 bits per heavy atom. The minimum Gasteiger partial charge on any atom is -0.354 e. The number of halogens is 1. The van der Waals surface area contributed by atoms with Crippen LogP contribution in [0.25, 0.3) is 11.1 Å². The van der Waals surface area contributed by atoms with Crippen LogP contribution in [-0.2, 0) is 4.79 Å². The zero-order valence-corrected chi connectivity index (χ0v) is 13.5. The van der Waals surface area contributed by atoms with Crippen molar-refractivity contribution < 1.29 is 9.59 Å². The Kier molecular flexibility index (Phi) is 6.63. The zero-order valence-electron chi connectivity index (χ0n) is 12.7. The summed E-state index contributed by atoms with van der Waals surface area (Å²) in [5.41, 5.74) is 2.77. The lowest BCUT2D eigenvalue weighted by molar-refractivity contribution is -0.120. The lowest BCUT2D eigenvalue weighted by Gasteiger charge is -2.07. The average Bonchev–Trinajstić information content (AvgIpc) is 2.60. The van der Waals surface area contributed by atoms with E-state index in [0.717, 1.165) is 11.1 Å². The molecule has 0 unspecified atom stereocenters. The van der Waals surface area contributed by atoms with Crippen LogP contribution in [0, 0.1) is 0 Å². The van der Waals surface area contributed by atoms with Gasteiger partial charge in [-0.1, -0.05) is 42.5 Å². The van der Waals surface area contributed by atoms with Crippen molar-refractivity contribution in [2.75, 3.05) is 19.0 Å². The number of benzene rings is 2. The zero-order chi connectivity index (χ0) is 16.5. The summed E-state index contributed by atoms with van der Waals surface area (Å²) in [6.45, 7) is 0.775. The first-order valence-corrected chi connectivity index (χ1v) is 8.00. The van der Waals surface area contributed by atoms with Gasteiger partial charge >= 0.3 is 0 Å². The molecule has 0 aromatic heterocycles. The maximum Gasteiger partial charge on any atom is 0.251 e. The van der Waals surface area contributed by atoms with E-state index in [9.17, 15) is 9.59 Å². The monoisotopic (exact) mass is 330 g/mol. The van der Waals surface area contributed by atoms with Crippen molar-refractivity contribution in [2.45, 2.75) is 6.42 Å². The molecular weight excluding hydrogens is 312 g/mol. The molecular formula is C18H19ClN2O2. The molecule has 2 aromatic carbocycles. The number of hydrogen-bond acceptors (Lipinski definition) is 2. The Hall–Kier alpha value is -2.33. The summed E-state index contributed by atoms with van der Waals surface area (Å²) < 4.78 is 0. The Morgan fingerprint density at radius 3 is 2.09 bits per heavy atom. The third-order valence-electron chi connectivity index (χ3n) is 3.31. The molecule has 120 valence electrons. The molecule has 0 fully saturated rings. The largest absolute Gasteiger partial charge is 0.354 e. The second-order valence-electron chi connectivity index (χ2n) is 4.99. The Bertz CT molecular complexity index is 642. The fourth-order valence-corrected chi connectivity index (χ4v) is 2.27. The van der Waals surface area contributed by atoms with Crippen LogP contribution in [0.1, 0.15) is 16.8 Å². The molecule has 4 nitrogen and oxygen atoms in total. The first-order chi connectivity index (χ1) is 11.2. The second kappa shape index (κ2) is 8.96. The summed E-state index contributed by atoms with van der Waals surface area (Å²) in [6, 6.07) is 17.4. The van der Waals surface area contributed by atoms with E-state index in [4.69, 9.17) is 11.6 Å². The number of carbonyl (C=O) groups is 2. The van der Waals surface area contributed by atoms with Crippen molar-refractivity contribution in [2.24, 2.45) is 0 Å². The Morgan fingerprint density at radius 1 is 0.826 bits per heavy atom. The minimum absolute atomic E-state index is 0.110. The van der Waals surface area contributed by atoms with Crippen molar-refractivity contribution in [3.8, 4) is 11.1 Å². The van der Waals surface area contributed by atoms with E-state index in [-0.39, 0.29) is 18.2 Å². The van der Waals surface area contributed by atoms with E-state index in [1.165, 1.54) is 0 Å². The van der Waals surface area contributed by atoms with Crippen molar-refractivity contribution in [1.82, 2.24) is 10.6 Å². The molecule has 0 saturated heterocycles. The summed E-state index contributed by atoms with van der Waals surface area (Å²) in [5, 5.41) is 5.45. The van der Waals surface area contributed by atoms with Gasteiger partial charge in [0.25, 0.3) is 5.91 Å². The third-order valence-corrected chi connectivity index (χ3v) is 3.50. The van der Waals surface area contributed by atoms with Gasteiger partial charge in [-0.2, -0.15) is 0 Å². The molecule has 5 heteroatoms. The predicted molar refractivity (Wildman–Crippen MR) is 92.6 cm³/mol. The van der Waals surface area contributed by atoms with Crippen LogP contribution in [0.5, 0.6) is 0 Å². The van der Waals surface area contributed by atoms with Gasteiger partial charge < -0.3 is 10.6 Å². The van der Waals surface area contributed by atoms with Gasteiger partial charge in [0.1, 0.15) is 0 Å². The first kappa shape index (κ1) is 17.0. The Balaban J connectivity index is 1.82. The molecule has 0 spiro atoms. The topological polar surface area (TPSA) is 58.2 Å². The second-order valence-corrected chi connectivity index (χ2v) is 5.37. The number of alkyl halides is 1. The van der Waals surface area contributed by atoms with E-state index in [1.54, 1.807) is 12.1 Å². The maximum absolute atomic E-state index is 12.0. The molecule has 0 aliphatic rings. The SMILES string of the molecule is O=C(CCCl)NCCNC(=O)c1ccc(-c2ccccc2)cc1. The van der Waals surface area contributed by atoms with Crippen molar-refractivity contribution in [3.63, 3.8) is 0 Å². The number of nitrogens with one attached hydrogen (secondary N) is 2. The summed E-state index contributed by atoms with van der Waals surface area (Å²) in [6.07, 6.45) is 0.288. The molecule has 2 N–H and O–H groups in total. The summed E-state index contributed by atoms with van der Waals surface area (Å²) in [5.74, 6) is 0.0315. The molecule has 0 radical (unpaired) electrons. The molecule has 0 saturated carbocycles. The van der Waals surface area contributed by atoms with Gasteiger partial charge in [0.05, 0.1) is 0 Å². The van der Waals surface area contributed by atoms with E-state index in [0.29, 0.717) is 24.5 Å². The maximum atomic E-state index is 12.0. The molecule has 0 heterocycles. The van der Waals surface area contributed by atoms with Crippen molar-refractivity contribution in [3.05, 3.63) is 60.2 Å². The van der Waals surface area contributed by atoms with Crippen LogP contribution in [-0.4, -0.2) is 30.8 Å². The van der Waals surface area contributed by atoms with E-state index in [1.807, 2.05) is 42.5 Å². The highest BCUT2D eigenvalue weighted by Crippen LogP contribution is 2.19. The molecule has 2 amide bonds. The third kappa shape index (κ3) is 5.42. The van der Waals surface area contributed by atoms with Crippen LogP contribution in [0.15, 0.2) is 54.6 Å². The standard InChI is InChI=1S/C18H19ClN2O2/c19-11-10-17(22)20-12-13-21-18(23)16-8-6-15(7-9-16)14-4-2-1-3-5-14/h1-9H,10-13H2,(H,20,22)(H,21,23). The highest BCUT2D eigenvalue weighted by Gasteiger charge is 2.06. The molecule has 2 rings (SSSR count). The van der Waals surface area contributed by atoms with Gasteiger partial charge in [0.2, 0.25) is 5.91 Å². The number of hydrogen-bond donors (Lipinski definition) is 2. The predicted octanol–water partition coefficient (Wildman–Crippen LogP) is 2.83. The average molecular weight is 331 g/mol. The molecule has 0 atom stereocenters. The highest BCUT2D eigenvalue weighted by atomic mass is 35.5. The van der Waals surface area contributed by atoms with Crippen molar-refractivity contribution in [1.29, 1.82) is 0 Å². The quantitative estimate of drug-likeness (QED) is 0.606. The van der Waals surface area contributed by atoms with Gasteiger partial charge in [0, 0.05) is 31.0 Å². The first-order valence-electron chi connectivity index (χ1n) is 7.47. The molecule has 23 heavy (non-hydrogen) atoms. The van der Waals surface area contributed by atoms with Gasteiger partial charge in [0.15, 0.2) is 0 Å². The summed E-state index contributed by atoms with van der Waals surface area (Å²) in [7, 11) is 0. The normalized spacial score (nSPS) is 10.1. The summed E-state index contributed by atoms with van der Waals surface area (Å²) in [4.78, 5) is 23.2. The highest BCUT2D eigenvalue weighted by molar-refractivity contribution is 6.18. The summed E-state index contributed by atoms with van der Waals surface area (Å²) >= 11 is 5.47. The van der Waals surface area contributed by atoms with E-state index in [2.05, 4.69) is 10.6 Å². The number of rotatable bonds is 7. The van der Waals surface area contributed by atoms with Gasteiger partial charge in [-0.15, -0.1) is 11.6 Å². The van der Waals surface area contributed by atoms with Gasteiger partial charge in [-0.05, 0) is 23.3 Å². The van der Waals surface area contributed by atoms with Crippen LogP contribution in [0.2, 0.25) is 0 Å². The Labute approximate surface area is 140 Å². The fraction of sp³-hybridized carbons (Fsp3) is 0.222. The van der Waals surface area contributed by atoms with Crippen LogP contribution >= 0.6 is 11.6 Å². The minimum atomic E-state index is -0.156. The lowest BCUT2D eigenvalue weighted by Crippen LogP contribution is -2.34. The van der Waals surface area contributed by atoms with Crippen LogP contribution in [0.4, 0.5) is 0 Å². The smallest absolute Gasteiger partial charge is 0.251 e. The van der Waals surface area contributed by atoms with Crippen molar-refractivity contribution >= 4 is 23.4 Å². The van der Waals surface area contributed by atoms with Gasteiger partial charge in [-0.3, -0.25) is 9.59 Å². The van der Waals surface area contributed by atoms with E-state index < -0.39 is 0 Å². The number of carbonyl (C=O) groups excluding carboxylic acids is 2. The molecule has 0 aliphatic heterocycles. The number of amides is 2. The van der Waals surface area contributed by atoms with Crippen LogP contribution < -0.4 is 10.6 Å². The molecule has 0 bridgehead atoms. The lowest BCUT2D eigenvalue weighted by atomic mass is 10.0. The van der Waals surface area contributed by atoms with Gasteiger partial charge in [-0.25, -0.2) is 0 Å². The van der Waals surface area contributed by atoms with E-state index >= 15 is 0 Å². The molecule has 0 aliphatic carbocycles. The van der Waals surface area contributed by atoms with Crippen LogP contribution in [0.3, 0.4) is 0 Å². The fourth-order valence-electron chi connectivity index (χ4n) is 2.10. The molecule has 2 aromatic rings.